The van der Waals surface area contributed by atoms with Gasteiger partial charge in [-0.05, 0) is 24.6 Å². The minimum atomic E-state index is -0.948. The van der Waals surface area contributed by atoms with E-state index in [0.29, 0.717) is 11.8 Å². The number of aromatic nitrogens is 2. The van der Waals surface area contributed by atoms with Crippen LogP contribution in [-0.2, 0) is 14.3 Å². The molecule has 1 aromatic carbocycles. The van der Waals surface area contributed by atoms with Crippen molar-refractivity contribution in [3.05, 3.63) is 54.1 Å². The summed E-state index contributed by atoms with van der Waals surface area (Å²) in [6, 6.07) is 11.1. The van der Waals surface area contributed by atoms with Gasteiger partial charge in [-0.25, -0.2) is 14.5 Å². The summed E-state index contributed by atoms with van der Waals surface area (Å²) in [6.07, 6.45) is 3.74. The fourth-order valence-electron chi connectivity index (χ4n) is 1.57. The van der Waals surface area contributed by atoms with Crippen LogP contribution in [0.3, 0.4) is 0 Å². The summed E-state index contributed by atoms with van der Waals surface area (Å²) in [5.74, 6) is -1.88. The van der Waals surface area contributed by atoms with Gasteiger partial charge in [-0.15, -0.1) is 0 Å². The molecule has 21 heavy (non-hydrogen) atoms. The maximum atomic E-state index is 11.5. The van der Waals surface area contributed by atoms with Crippen LogP contribution >= 0.6 is 0 Å². The summed E-state index contributed by atoms with van der Waals surface area (Å²) in [5, 5.41) is 4.45. The van der Waals surface area contributed by atoms with Crippen molar-refractivity contribution in [2.24, 2.45) is 4.99 Å². The molecule has 0 unspecified atom stereocenters. The molecule has 2 rings (SSSR count). The first kappa shape index (κ1) is 14.6. The van der Waals surface area contributed by atoms with E-state index in [1.54, 1.807) is 16.9 Å². The number of carbonyl (C=O) groups excluding carboxylic acids is 2. The standard InChI is InChI=1S/C15H15N3O3/c1-2-10-21-15(20)14(19)17-12-8-9-18(16-11-12)13-6-4-3-5-7-13/h3-9,11H,2,10H2,1H3. The first-order chi connectivity index (χ1) is 10.2. The monoisotopic (exact) mass is 285 g/mol. The van der Waals surface area contributed by atoms with Gasteiger partial charge in [0.2, 0.25) is 0 Å². The number of hydrogen-bond donors (Lipinski definition) is 0. The fraction of sp³-hybridized carbons (Fsp3) is 0.200. The van der Waals surface area contributed by atoms with Gasteiger partial charge in [-0.2, -0.15) is 5.10 Å². The average molecular weight is 285 g/mol. The van der Waals surface area contributed by atoms with Crippen LogP contribution in [0.25, 0.3) is 5.69 Å². The Balaban J connectivity index is 2.13. The second-order valence-electron chi connectivity index (χ2n) is 4.22. The minimum Gasteiger partial charge on any atom is -0.459 e. The van der Waals surface area contributed by atoms with E-state index in [-0.39, 0.29) is 6.61 Å². The van der Waals surface area contributed by atoms with Gasteiger partial charge in [0.1, 0.15) is 0 Å². The number of benzene rings is 1. The molecule has 1 amide bonds. The lowest BCUT2D eigenvalue weighted by Crippen LogP contribution is -2.19. The number of ether oxygens (including phenoxy) is 1. The molecule has 0 aliphatic rings. The van der Waals surface area contributed by atoms with E-state index in [4.69, 9.17) is 4.74 Å². The highest BCUT2D eigenvalue weighted by atomic mass is 16.5. The molecule has 6 nitrogen and oxygen atoms in total. The largest absolute Gasteiger partial charge is 0.459 e. The van der Waals surface area contributed by atoms with Crippen molar-refractivity contribution in [2.45, 2.75) is 13.3 Å². The van der Waals surface area contributed by atoms with Gasteiger partial charge < -0.3 is 4.74 Å². The summed E-state index contributed by atoms with van der Waals surface area (Å²) in [7, 11) is 0. The van der Waals surface area contributed by atoms with E-state index < -0.39 is 11.9 Å². The van der Waals surface area contributed by atoms with Crippen molar-refractivity contribution >= 4 is 11.9 Å². The number of para-hydroxylation sites is 1. The average Bonchev–Trinajstić information content (AvgIpc) is 2.54. The molecule has 0 saturated carbocycles. The molecule has 0 aliphatic heterocycles. The van der Waals surface area contributed by atoms with Gasteiger partial charge in [0.05, 0.1) is 23.8 Å². The van der Waals surface area contributed by atoms with E-state index in [1.807, 2.05) is 37.3 Å². The molecule has 0 saturated heterocycles. The Morgan fingerprint density at radius 3 is 2.62 bits per heavy atom. The smallest absolute Gasteiger partial charge is 0.399 e. The molecule has 0 N–H and O–H groups in total. The molecule has 0 radical (unpaired) electrons. The number of amides is 1. The van der Waals surface area contributed by atoms with Crippen molar-refractivity contribution in [2.75, 3.05) is 6.61 Å². The number of nitrogens with zero attached hydrogens (tertiary/aromatic N) is 3. The van der Waals surface area contributed by atoms with Crippen molar-refractivity contribution in [3.8, 4) is 5.69 Å². The van der Waals surface area contributed by atoms with Gasteiger partial charge in [0.15, 0.2) is 0 Å². The Hall–Kier alpha value is -2.76. The molecule has 0 bridgehead atoms. The Kier molecular flexibility index (Phi) is 4.98. The van der Waals surface area contributed by atoms with Gasteiger partial charge in [-0.1, -0.05) is 25.1 Å². The maximum Gasteiger partial charge on any atom is 0.399 e. The Labute approximate surface area is 121 Å². The second-order valence-corrected chi connectivity index (χ2v) is 4.22. The van der Waals surface area contributed by atoms with Crippen LogP contribution in [0.1, 0.15) is 13.3 Å². The van der Waals surface area contributed by atoms with Crippen LogP contribution in [-0.4, -0.2) is 28.3 Å². The van der Waals surface area contributed by atoms with Crippen LogP contribution in [0.5, 0.6) is 0 Å². The molecule has 0 spiro atoms. The van der Waals surface area contributed by atoms with Crippen molar-refractivity contribution in [1.82, 2.24) is 9.78 Å². The normalized spacial score (nSPS) is 11.2. The number of esters is 1. The van der Waals surface area contributed by atoms with Gasteiger partial charge in [-0.3, -0.25) is 4.79 Å². The van der Waals surface area contributed by atoms with Gasteiger partial charge in [0.25, 0.3) is 0 Å². The zero-order chi connectivity index (χ0) is 15.1. The van der Waals surface area contributed by atoms with Crippen LogP contribution in [0.15, 0.2) is 53.8 Å². The second kappa shape index (κ2) is 7.14. The third kappa shape index (κ3) is 4.10. The zero-order valence-corrected chi connectivity index (χ0v) is 11.6. The number of hydrogen-bond acceptors (Lipinski definition) is 4. The van der Waals surface area contributed by atoms with Crippen LogP contribution < -0.4 is 5.36 Å². The number of carbonyl (C=O) groups is 2. The lowest BCUT2D eigenvalue weighted by Gasteiger charge is -2.03. The lowest BCUT2D eigenvalue weighted by atomic mass is 10.3. The highest BCUT2D eigenvalue weighted by Gasteiger charge is 2.12. The third-order valence-corrected chi connectivity index (χ3v) is 2.56. The fourth-order valence-corrected chi connectivity index (χ4v) is 1.57. The molecular formula is C15H15N3O3. The molecule has 0 aliphatic carbocycles. The molecule has 1 heterocycles. The molecule has 1 aromatic heterocycles. The maximum absolute atomic E-state index is 11.5. The SMILES string of the molecule is CCCOC(=O)C(=O)N=c1ccn(-c2ccccc2)nc1. The van der Waals surface area contributed by atoms with E-state index >= 15 is 0 Å². The quantitative estimate of drug-likeness (QED) is 0.628. The van der Waals surface area contributed by atoms with Gasteiger partial charge >= 0.3 is 11.9 Å². The summed E-state index contributed by atoms with van der Waals surface area (Å²) >= 11 is 0. The molecule has 108 valence electrons. The summed E-state index contributed by atoms with van der Waals surface area (Å²) in [6.45, 7) is 2.06. The van der Waals surface area contributed by atoms with Crippen LogP contribution in [0.4, 0.5) is 0 Å². The molecule has 6 heteroatoms. The Morgan fingerprint density at radius 1 is 1.24 bits per heavy atom. The predicted molar refractivity (Wildman–Crippen MR) is 75.4 cm³/mol. The predicted octanol–water partition coefficient (Wildman–Crippen LogP) is 1.25. The molecule has 0 fully saturated rings. The van der Waals surface area contributed by atoms with E-state index in [9.17, 15) is 9.59 Å². The first-order valence-corrected chi connectivity index (χ1v) is 6.57. The minimum absolute atomic E-state index is 0.209. The van der Waals surface area contributed by atoms with Crippen LogP contribution in [0.2, 0.25) is 0 Å². The summed E-state index contributed by atoms with van der Waals surface area (Å²) in [5.41, 5.74) is 0.887. The molecule has 0 atom stereocenters. The Bertz CT molecular complexity index is 672. The van der Waals surface area contributed by atoms with Crippen LogP contribution in [0, 0.1) is 0 Å². The zero-order valence-electron chi connectivity index (χ0n) is 11.6. The highest BCUT2D eigenvalue weighted by molar-refractivity contribution is 6.32. The molecule has 2 aromatic rings. The highest BCUT2D eigenvalue weighted by Crippen LogP contribution is 2.02. The summed E-state index contributed by atoms with van der Waals surface area (Å²) < 4.78 is 6.35. The van der Waals surface area contributed by atoms with Crippen molar-refractivity contribution < 1.29 is 14.3 Å². The van der Waals surface area contributed by atoms with E-state index in [2.05, 4.69) is 10.1 Å². The lowest BCUT2D eigenvalue weighted by molar-refractivity contribution is -0.153. The molecular weight excluding hydrogens is 270 g/mol. The van der Waals surface area contributed by atoms with Crippen molar-refractivity contribution in [1.29, 1.82) is 0 Å². The van der Waals surface area contributed by atoms with E-state index in [0.717, 1.165) is 5.69 Å². The van der Waals surface area contributed by atoms with Crippen molar-refractivity contribution in [3.63, 3.8) is 0 Å². The topological polar surface area (TPSA) is 73.6 Å². The summed E-state index contributed by atoms with van der Waals surface area (Å²) in [4.78, 5) is 26.5. The third-order valence-electron chi connectivity index (χ3n) is 2.56. The number of rotatable bonds is 3. The Morgan fingerprint density at radius 2 is 2.00 bits per heavy atom. The van der Waals surface area contributed by atoms with E-state index in [1.165, 1.54) is 6.20 Å². The van der Waals surface area contributed by atoms with Gasteiger partial charge in [0, 0.05) is 6.20 Å². The first-order valence-electron chi connectivity index (χ1n) is 6.57.